The van der Waals surface area contributed by atoms with Crippen LogP contribution in [0.4, 0.5) is 4.39 Å². The van der Waals surface area contributed by atoms with E-state index in [1.807, 2.05) is 32.5 Å². The second-order valence-electron chi connectivity index (χ2n) is 5.22. The lowest BCUT2D eigenvalue weighted by Crippen LogP contribution is -2.24. The molecule has 1 aromatic heterocycles. The lowest BCUT2D eigenvalue weighted by Gasteiger charge is -2.20. The fourth-order valence-electron chi connectivity index (χ4n) is 2.75. The van der Waals surface area contributed by atoms with Crippen LogP contribution in [0.1, 0.15) is 35.5 Å². The second kappa shape index (κ2) is 6.58. The summed E-state index contributed by atoms with van der Waals surface area (Å²) in [7, 11) is 1.92. The molecule has 0 fully saturated rings. The first-order valence-electron chi connectivity index (χ1n) is 7.12. The van der Waals surface area contributed by atoms with Gasteiger partial charge in [-0.05, 0) is 38.9 Å². The predicted octanol–water partition coefficient (Wildman–Crippen LogP) is 3.72. The Labute approximate surface area is 130 Å². The highest BCUT2D eigenvalue weighted by Gasteiger charge is 2.22. The Morgan fingerprint density at radius 1 is 1.38 bits per heavy atom. The molecule has 0 radical (unpaired) electrons. The van der Waals surface area contributed by atoms with Crippen LogP contribution in [0.3, 0.4) is 0 Å². The summed E-state index contributed by atoms with van der Waals surface area (Å²) in [4.78, 5) is 0. The first kappa shape index (κ1) is 16.0. The normalized spacial score (nSPS) is 12.7. The lowest BCUT2D eigenvalue weighted by atomic mass is 9.97. The molecule has 1 aromatic carbocycles. The van der Waals surface area contributed by atoms with Gasteiger partial charge in [0.1, 0.15) is 5.82 Å². The van der Waals surface area contributed by atoms with E-state index in [4.69, 9.17) is 11.6 Å². The van der Waals surface area contributed by atoms with Gasteiger partial charge >= 0.3 is 0 Å². The molecule has 0 spiro atoms. The summed E-state index contributed by atoms with van der Waals surface area (Å²) >= 11 is 6.16. The summed E-state index contributed by atoms with van der Waals surface area (Å²) in [6.07, 6.45) is 0.507. The van der Waals surface area contributed by atoms with Crippen LogP contribution in [-0.2, 0) is 13.5 Å². The molecule has 0 aliphatic rings. The average Bonchev–Trinajstić information content (AvgIpc) is 2.67. The van der Waals surface area contributed by atoms with E-state index in [2.05, 4.69) is 10.4 Å². The van der Waals surface area contributed by atoms with Crippen molar-refractivity contribution in [1.82, 2.24) is 15.1 Å². The average molecular weight is 310 g/mol. The van der Waals surface area contributed by atoms with Crippen molar-refractivity contribution in [3.8, 4) is 0 Å². The highest BCUT2D eigenvalue weighted by molar-refractivity contribution is 6.31. The molecule has 0 aliphatic carbocycles. The molecule has 2 rings (SSSR count). The number of halogens is 2. The molecule has 0 bridgehead atoms. The van der Waals surface area contributed by atoms with E-state index in [1.165, 1.54) is 6.07 Å². The van der Waals surface area contributed by atoms with Crippen LogP contribution in [0.15, 0.2) is 18.2 Å². The van der Waals surface area contributed by atoms with Gasteiger partial charge < -0.3 is 5.32 Å². The van der Waals surface area contributed by atoms with Crippen LogP contribution in [0, 0.1) is 19.7 Å². The van der Waals surface area contributed by atoms with Gasteiger partial charge in [-0.2, -0.15) is 5.10 Å². The first-order chi connectivity index (χ1) is 9.95. The smallest absolute Gasteiger partial charge is 0.127 e. The molecular weight excluding hydrogens is 289 g/mol. The molecule has 114 valence electrons. The molecule has 1 atom stereocenters. The quantitative estimate of drug-likeness (QED) is 0.912. The standard InChI is InChI=1S/C16H21ClFN3/c1-5-19-15(16-10(2)20-21(4)11(16)3)9-12-13(17)7-6-8-14(12)18/h6-8,15,19H,5,9H2,1-4H3. The second-order valence-corrected chi connectivity index (χ2v) is 5.63. The van der Waals surface area contributed by atoms with E-state index < -0.39 is 0 Å². The third kappa shape index (κ3) is 3.27. The minimum absolute atomic E-state index is 0.00176. The maximum absolute atomic E-state index is 14.0. The molecule has 0 saturated carbocycles. The summed E-state index contributed by atoms with van der Waals surface area (Å²) in [5.41, 5.74) is 3.73. The summed E-state index contributed by atoms with van der Waals surface area (Å²) < 4.78 is 15.9. The van der Waals surface area contributed by atoms with E-state index in [0.29, 0.717) is 17.0 Å². The van der Waals surface area contributed by atoms with E-state index in [9.17, 15) is 4.39 Å². The van der Waals surface area contributed by atoms with E-state index in [-0.39, 0.29) is 11.9 Å². The van der Waals surface area contributed by atoms with Crippen LogP contribution < -0.4 is 5.32 Å². The predicted molar refractivity (Wildman–Crippen MR) is 84.2 cm³/mol. The fraction of sp³-hybridized carbons (Fsp3) is 0.438. The zero-order valence-corrected chi connectivity index (χ0v) is 13.6. The van der Waals surface area contributed by atoms with E-state index in [1.54, 1.807) is 12.1 Å². The Bertz CT molecular complexity index is 616. The number of aryl methyl sites for hydroxylation is 2. The Hall–Kier alpha value is -1.39. The lowest BCUT2D eigenvalue weighted by molar-refractivity contribution is 0.523. The van der Waals surface area contributed by atoms with Crippen molar-refractivity contribution < 1.29 is 4.39 Å². The van der Waals surface area contributed by atoms with Gasteiger partial charge in [-0.1, -0.05) is 24.6 Å². The minimum atomic E-state index is -0.260. The van der Waals surface area contributed by atoms with Crippen LogP contribution in [0.25, 0.3) is 0 Å². The number of nitrogens with one attached hydrogen (secondary N) is 1. The number of hydrogen-bond donors (Lipinski definition) is 1. The Morgan fingerprint density at radius 3 is 2.62 bits per heavy atom. The topological polar surface area (TPSA) is 29.9 Å². The van der Waals surface area contributed by atoms with Crippen LogP contribution >= 0.6 is 11.6 Å². The zero-order valence-electron chi connectivity index (χ0n) is 12.9. The van der Waals surface area contributed by atoms with E-state index in [0.717, 1.165) is 23.5 Å². The van der Waals surface area contributed by atoms with Crippen molar-refractivity contribution in [3.63, 3.8) is 0 Å². The Kier molecular flexibility index (Phi) is 5.01. The largest absolute Gasteiger partial charge is 0.310 e. The highest BCUT2D eigenvalue weighted by Crippen LogP contribution is 2.28. The van der Waals surface area contributed by atoms with Gasteiger partial charge in [-0.3, -0.25) is 4.68 Å². The van der Waals surface area contributed by atoms with Gasteiger partial charge in [0.05, 0.1) is 5.69 Å². The molecular formula is C16H21ClFN3. The maximum atomic E-state index is 14.0. The van der Waals surface area contributed by atoms with Gasteiger partial charge in [-0.25, -0.2) is 4.39 Å². The molecule has 21 heavy (non-hydrogen) atoms. The van der Waals surface area contributed by atoms with E-state index >= 15 is 0 Å². The third-order valence-corrected chi connectivity index (χ3v) is 4.19. The summed E-state index contributed by atoms with van der Waals surface area (Å²) in [6, 6.07) is 4.81. The van der Waals surface area contributed by atoms with Crippen LogP contribution in [-0.4, -0.2) is 16.3 Å². The summed E-state index contributed by atoms with van der Waals surface area (Å²) in [5, 5.41) is 8.34. The van der Waals surface area contributed by atoms with Gasteiger partial charge in [-0.15, -0.1) is 0 Å². The SMILES string of the molecule is CCNC(Cc1c(F)cccc1Cl)c1c(C)nn(C)c1C. The molecule has 0 saturated heterocycles. The van der Waals surface area contributed by atoms with Gasteiger partial charge in [0.15, 0.2) is 0 Å². The molecule has 1 heterocycles. The van der Waals surface area contributed by atoms with Crippen molar-refractivity contribution in [2.45, 2.75) is 33.2 Å². The monoisotopic (exact) mass is 309 g/mol. The zero-order chi connectivity index (χ0) is 15.6. The van der Waals surface area contributed by atoms with Crippen molar-refractivity contribution in [2.24, 2.45) is 7.05 Å². The molecule has 0 aliphatic heterocycles. The van der Waals surface area contributed by atoms with Crippen LogP contribution in [0.2, 0.25) is 5.02 Å². The highest BCUT2D eigenvalue weighted by atomic mass is 35.5. The Balaban J connectivity index is 2.40. The number of benzene rings is 1. The molecule has 3 nitrogen and oxygen atoms in total. The van der Waals surface area contributed by atoms with Crippen molar-refractivity contribution in [3.05, 3.63) is 51.6 Å². The number of hydrogen-bond acceptors (Lipinski definition) is 2. The Morgan fingerprint density at radius 2 is 2.10 bits per heavy atom. The van der Waals surface area contributed by atoms with Crippen molar-refractivity contribution in [2.75, 3.05) is 6.54 Å². The molecule has 2 aromatic rings. The number of rotatable bonds is 5. The summed E-state index contributed by atoms with van der Waals surface area (Å²) in [6.45, 7) is 6.85. The molecule has 1 unspecified atom stereocenters. The van der Waals surface area contributed by atoms with Gasteiger partial charge in [0.2, 0.25) is 0 Å². The molecule has 5 heteroatoms. The number of aromatic nitrogens is 2. The molecule has 1 N–H and O–H groups in total. The number of likely N-dealkylation sites (N-methyl/N-ethyl adjacent to an activating group) is 1. The van der Waals surface area contributed by atoms with Crippen LogP contribution in [0.5, 0.6) is 0 Å². The fourth-order valence-corrected chi connectivity index (χ4v) is 2.99. The van der Waals surface area contributed by atoms with Gasteiger partial charge in [0.25, 0.3) is 0 Å². The minimum Gasteiger partial charge on any atom is -0.310 e. The summed E-state index contributed by atoms with van der Waals surface area (Å²) in [5.74, 6) is -0.260. The maximum Gasteiger partial charge on any atom is 0.127 e. The third-order valence-electron chi connectivity index (χ3n) is 3.83. The molecule has 0 amide bonds. The van der Waals surface area contributed by atoms with Crippen molar-refractivity contribution >= 4 is 11.6 Å². The number of nitrogens with zero attached hydrogens (tertiary/aromatic N) is 2. The van der Waals surface area contributed by atoms with Crippen molar-refractivity contribution in [1.29, 1.82) is 0 Å². The first-order valence-corrected chi connectivity index (χ1v) is 7.49. The van der Waals surface area contributed by atoms with Gasteiger partial charge in [0, 0.05) is 34.9 Å².